The number of rotatable bonds is 9. The van der Waals surface area contributed by atoms with Crippen LogP contribution >= 0.6 is 11.3 Å². The van der Waals surface area contributed by atoms with Crippen LogP contribution in [0.5, 0.6) is 5.75 Å². The fourth-order valence-corrected chi connectivity index (χ4v) is 6.40. The molecule has 1 atom stereocenters. The highest BCUT2D eigenvalue weighted by Gasteiger charge is 2.30. The van der Waals surface area contributed by atoms with Gasteiger partial charge in [-0.2, -0.15) is 13.5 Å². The van der Waals surface area contributed by atoms with Gasteiger partial charge in [-0.05, 0) is 44.4 Å². The first-order valence-corrected chi connectivity index (χ1v) is 15.9. The zero-order chi connectivity index (χ0) is 30.9. The Bertz CT molecular complexity index is 1550. The van der Waals surface area contributed by atoms with Gasteiger partial charge < -0.3 is 18.6 Å². The van der Waals surface area contributed by atoms with Crippen LogP contribution in [0.15, 0.2) is 29.6 Å². The molecule has 5 rings (SSSR count). The predicted octanol–water partition coefficient (Wildman–Crippen LogP) is 5.48. The Morgan fingerprint density at radius 2 is 1.84 bits per heavy atom. The molecule has 0 saturated carbocycles. The molecule has 4 heterocycles. The molecule has 234 valence electrons. The van der Waals surface area contributed by atoms with Crippen molar-refractivity contribution < 1.29 is 44.4 Å². The number of piperidine rings is 1. The average molecular weight is 647 g/mol. The monoisotopic (exact) mass is 646 g/mol. The molecule has 1 fully saturated rings. The van der Waals surface area contributed by atoms with Crippen LogP contribution in [0.4, 0.5) is 17.6 Å². The van der Waals surface area contributed by atoms with E-state index in [0.717, 1.165) is 10.6 Å². The van der Waals surface area contributed by atoms with Crippen molar-refractivity contribution in [1.82, 2.24) is 19.7 Å². The summed E-state index contributed by atoms with van der Waals surface area (Å²) < 4.78 is 95.1. The maximum atomic E-state index is 13.3. The van der Waals surface area contributed by atoms with Gasteiger partial charge in [-0.15, -0.1) is 11.3 Å². The van der Waals surface area contributed by atoms with E-state index in [4.69, 9.17) is 18.6 Å². The SMILES string of the molecule is CC(C)S(=O)(=O)Oc1cccc2c1COC(c1csc(C3CCN(C(=O)Cn4nc(C(F)F)cc4C(F)F)CC3)n1)OC2. The summed E-state index contributed by atoms with van der Waals surface area (Å²) in [5.74, 6) is -0.240. The van der Waals surface area contributed by atoms with Gasteiger partial charge >= 0.3 is 10.1 Å². The van der Waals surface area contributed by atoms with Crippen molar-refractivity contribution in [2.45, 2.75) is 76.8 Å². The number of carbonyl (C=O) groups excluding carboxylic acids is 1. The van der Waals surface area contributed by atoms with E-state index in [1.54, 1.807) is 12.1 Å². The van der Waals surface area contributed by atoms with Gasteiger partial charge in [0, 0.05) is 30.0 Å². The summed E-state index contributed by atoms with van der Waals surface area (Å²) in [6.45, 7) is 3.43. The van der Waals surface area contributed by atoms with E-state index >= 15 is 0 Å². The number of thiazole rings is 1. The number of nitrogens with zero attached hydrogens (tertiary/aromatic N) is 4. The Hall–Kier alpha value is -3.08. The van der Waals surface area contributed by atoms with Crippen LogP contribution in [-0.4, -0.2) is 52.3 Å². The van der Waals surface area contributed by atoms with Crippen LogP contribution in [-0.2, 0) is 44.1 Å². The average Bonchev–Trinajstić information content (AvgIpc) is 3.56. The normalized spacial score (nSPS) is 18.3. The second-order valence-electron chi connectivity index (χ2n) is 10.5. The Balaban J connectivity index is 1.18. The summed E-state index contributed by atoms with van der Waals surface area (Å²) in [6, 6.07) is 5.71. The molecule has 2 aliphatic heterocycles. The molecule has 3 aromatic rings. The molecule has 0 bridgehead atoms. The van der Waals surface area contributed by atoms with E-state index in [1.807, 2.05) is 11.4 Å². The first kappa shape index (κ1) is 31.3. The first-order chi connectivity index (χ1) is 20.4. The number of amides is 1. The van der Waals surface area contributed by atoms with Crippen LogP contribution in [0.25, 0.3) is 0 Å². The smallest absolute Gasteiger partial charge is 0.311 e. The fourth-order valence-electron chi connectivity index (χ4n) is 4.81. The second kappa shape index (κ2) is 12.9. The number of carbonyl (C=O) groups is 1. The molecular formula is C27H30F4N4O6S2. The minimum absolute atomic E-state index is 0.0405. The van der Waals surface area contributed by atoms with E-state index in [9.17, 15) is 30.8 Å². The molecule has 0 spiro atoms. The molecule has 10 nitrogen and oxygen atoms in total. The summed E-state index contributed by atoms with van der Waals surface area (Å²) in [5, 5.41) is 5.44. The quantitative estimate of drug-likeness (QED) is 0.222. The molecule has 0 radical (unpaired) electrons. The minimum atomic E-state index is -3.80. The van der Waals surface area contributed by atoms with Crippen LogP contribution in [0.3, 0.4) is 0 Å². The Morgan fingerprint density at radius 1 is 1.12 bits per heavy atom. The van der Waals surface area contributed by atoms with Gasteiger partial charge in [0.1, 0.15) is 29.4 Å². The van der Waals surface area contributed by atoms with Gasteiger partial charge in [0.15, 0.2) is 0 Å². The third kappa shape index (κ3) is 7.02. The third-order valence-corrected chi connectivity index (χ3v) is 9.91. The fraction of sp³-hybridized carbons (Fsp3) is 0.519. The van der Waals surface area contributed by atoms with E-state index < -0.39 is 58.3 Å². The van der Waals surface area contributed by atoms with Crippen LogP contribution in [0.1, 0.15) is 85.0 Å². The lowest BCUT2D eigenvalue weighted by atomic mass is 9.97. The summed E-state index contributed by atoms with van der Waals surface area (Å²) in [7, 11) is -3.80. The van der Waals surface area contributed by atoms with Gasteiger partial charge in [0.05, 0.1) is 23.5 Å². The molecule has 0 N–H and O–H groups in total. The Labute approximate surface area is 249 Å². The van der Waals surface area contributed by atoms with Gasteiger partial charge in [0.2, 0.25) is 12.2 Å². The predicted molar refractivity (Wildman–Crippen MR) is 146 cm³/mol. The summed E-state index contributed by atoms with van der Waals surface area (Å²) in [4.78, 5) is 19.0. The van der Waals surface area contributed by atoms with Crippen LogP contribution in [0.2, 0.25) is 0 Å². The van der Waals surface area contributed by atoms with Crippen molar-refractivity contribution in [3.05, 3.63) is 62.9 Å². The summed E-state index contributed by atoms with van der Waals surface area (Å²) in [5.41, 5.74) is 0.385. The number of halogens is 4. The third-order valence-electron chi connectivity index (χ3n) is 7.32. The molecule has 0 aliphatic carbocycles. The molecule has 1 amide bonds. The van der Waals surface area contributed by atoms with Crippen molar-refractivity contribution in [2.75, 3.05) is 13.1 Å². The Kier molecular flexibility index (Phi) is 9.39. The molecule has 2 aliphatic rings. The zero-order valence-corrected chi connectivity index (χ0v) is 24.9. The van der Waals surface area contributed by atoms with Crippen molar-refractivity contribution in [3.63, 3.8) is 0 Å². The highest BCUT2D eigenvalue weighted by molar-refractivity contribution is 7.87. The van der Waals surface area contributed by atoms with E-state index in [0.29, 0.717) is 47.9 Å². The maximum absolute atomic E-state index is 13.3. The van der Waals surface area contributed by atoms with Gasteiger partial charge in [-0.1, -0.05) is 12.1 Å². The van der Waals surface area contributed by atoms with E-state index in [1.165, 1.54) is 30.1 Å². The number of hydrogen-bond acceptors (Lipinski definition) is 9. The lowest BCUT2D eigenvalue weighted by Crippen LogP contribution is -2.40. The van der Waals surface area contributed by atoms with E-state index in [-0.39, 0.29) is 24.9 Å². The van der Waals surface area contributed by atoms with Crippen molar-refractivity contribution in [2.24, 2.45) is 0 Å². The van der Waals surface area contributed by atoms with Gasteiger partial charge in [-0.25, -0.2) is 22.5 Å². The molecular weight excluding hydrogens is 616 g/mol. The minimum Gasteiger partial charge on any atom is -0.382 e. The molecule has 2 aromatic heterocycles. The summed E-state index contributed by atoms with van der Waals surface area (Å²) in [6.07, 6.45) is -5.69. The van der Waals surface area contributed by atoms with Crippen molar-refractivity contribution in [1.29, 1.82) is 0 Å². The number of aromatic nitrogens is 3. The number of benzene rings is 1. The second-order valence-corrected chi connectivity index (χ2v) is 13.5. The maximum Gasteiger partial charge on any atom is 0.311 e. The topological polar surface area (TPSA) is 113 Å². The van der Waals surface area contributed by atoms with Crippen LogP contribution in [0, 0.1) is 0 Å². The molecule has 16 heteroatoms. The molecule has 1 aromatic carbocycles. The van der Waals surface area contributed by atoms with Crippen molar-refractivity contribution in [3.8, 4) is 5.75 Å². The Morgan fingerprint density at radius 3 is 2.51 bits per heavy atom. The molecule has 1 unspecified atom stereocenters. The molecule has 1 saturated heterocycles. The number of ether oxygens (including phenoxy) is 2. The number of fused-ring (bicyclic) bond motifs is 1. The lowest BCUT2D eigenvalue weighted by Gasteiger charge is -2.31. The largest absolute Gasteiger partial charge is 0.382 e. The summed E-state index contributed by atoms with van der Waals surface area (Å²) >= 11 is 1.43. The molecule has 43 heavy (non-hydrogen) atoms. The standard InChI is InChI=1S/C27H30F4N4O6S2/c1-15(2)43(37,38)41-22-5-3-4-17-12-39-27(40-13-18(17)22)20-14-42-26(32-20)16-6-8-34(9-7-16)23(36)11-35-21(25(30)31)10-19(33-35)24(28)29/h3-5,10,14-16,24-25,27H,6-9,11-13H2,1-2H3. The number of likely N-dealkylation sites (tertiary alicyclic amines) is 1. The first-order valence-electron chi connectivity index (χ1n) is 13.6. The van der Waals surface area contributed by atoms with Gasteiger partial charge in [0.25, 0.3) is 12.9 Å². The highest BCUT2D eigenvalue weighted by Crippen LogP contribution is 2.36. The van der Waals surface area contributed by atoms with Crippen LogP contribution < -0.4 is 4.18 Å². The van der Waals surface area contributed by atoms with Gasteiger partial charge in [-0.3, -0.25) is 9.48 Å². The highest BCUT2D eigenvalue weighted by atomic mass is 32.2. The lowest BCUT2D eigenvalue weighted by molar-refractivity contribution is -0.155. The van der Waals surface area contributed by atoms with Crippen molar-refractivity contribution >= 4 is 27.4 Å². The van der Waals surface area contributed by atoms with E-state index in [2.05, 4.69) is 5.10 Å². The number of hydrogen-bond donors (Lipinski definition) is 0. The number of alkyl halides is 4. The zero-order valence-electron chi connectivity index (χ0n) is 23.3.